The van der Waals surface area contributed by atoms with Crippen LogP contribution in [-0.2, 0) is 0 Å². The number of fused-ring (bicyclic) bond motifs is 1. The molecule has 0 aliphatic carbocycles. The number of benzene rings is 2. The quantitative estimate of drug-likeness (QED) is 0.786. The van der Waals surface area contributed by atoms with Crippen LogP contribution in [0.3, 0.4) is 0 Å². The maximum Gasteiger partial charge on any atom is 0.130 e. The molecule has 0 bridgehead atoms. The normalized spacial score (nSPS) is 12.2. The molecular weight excluding hydrogens is 250 g/mol. The van der Waals surface area contributed by atoms with E-state index in [4.69, 9.17) is 4.74 Å². The van der Waals surface area contributed by atoms with Gasteiger partial charge in [-0.1, -0.05) is 36.4 Å². The molecule has 3 rings (SSSR count). The zero-order valence-corrected chi connectivity index (χ0v) is 10.9. The van der Waals surface area contributed by atoms with E-state index in [1.165, 1.54) is 5.39 Å². The molecule has 3 aromatic rings. The molecule has 0 aliphatic heterocycles. The Morgan fingerprint density at radius 1 is 0.950 bits per heavy atom. The largest absolute Gasteiger partial charge is 0.490 e. The van der Waals surface area contributed by atoms with E-state index in [-0.39, 0.29) is 6.61 Å². The van der Waals surface area contributed by atoms with Crippen molar-refractivity contribution >= 4 is 10.8 Å². The van der Waals surface area contributed by atoms with Gasteiger partial charge in [0.2, 0.25) is 0 Å². The van der Waals surface area contributed by atoms with Crippen molar-refractivity contribution in [3.05, 3.63) is 72.6 Å². The first-order valence-electron chi connectivity index (χ1n) is 6.53. The maximum atomic E-state index is 10.0. The lowest BCUT2D eigenvalue weighted by Gasteiger charge is -2.12. The summed E-state index contributed by atoms with van der Waals surface area (Å²) >= 11 is 0. The van der Waals surface area contributed by atoms with Crippen molar-refractivity contribution in [2.24, 2.45) is 0 Å². The molecule has 0 radical (unpaired) electrons. The van der Waals surface area contributed by atoms with Gasteiger partial charge in [-0.15, -0.1) is 0 Å². The molecule has 0 amide bonds. The van der Waals surface area contributed by atoms with Gasteiger partial charge in [-0.05, 0) is 35.0 Å². The number of ether oxygens (including phenoxy) is 1. The molecule has 100 valence electrons. The Balaban J connectivity index is 1.70. The van der Waals surface area contributed by atoms with Crippen LogP contribution >= 0.6 is 0 Å². The third kappa shape index (κ3) is 2.78. The summed E-state index contributed by atoms with van der Waals surface area (Å²) in [6, 6.07) is 19.4. The number of hydrogen-bond donors (Lipinski definition) is 1. The Bertz CT molecular complexity index is 697. The van der Waals surface area contributed by atoms with Crippen molar-refractivity contribution in [2.45, 2.75) is 6.10 Å². The fraction of sp³-hybridized carbons (Fsp3) is 0.118. The van der Waals surface area contributed by atoms with Crippen molar-refractivity contribution in [3.63, 3.8) is 0 Å². The molecule has 1 heterocycles. The van der Waals surface area contributed by atoms with Crippen LogP contribution in [0.4, 0.5) is 0 Å². The molecule has 20 heavy (non-hydrogen) atoms. The van der Waals surface area contributed by atoms with Crippen LogP contribution < -0.4 is 4.74 Å². The van der Waals surface area contributed by atoms with Gasteiger partial charge in [-0.2, -0.15) is 0 Å². The molecule has 3 nitrogen and oxygen atoms in total. The highest BCUT2D eigenvalue weighted by molar-refractivity contribution is 5.83. The van der Waals surface area contributed by atoms with Gasteiger partial charge in [-0.3, -0.25) is 4.98 Å². The number of pyridine rings is 1. The number of rotatable bonds is 4. The van der Waals surface area contributed by atoms with E-state index in [0.29, 0.717) is 5.69 Å². The minimum absolute atomic E-state index is 0.190. The number of aromatic nitrogens is 1. The zero-order chi connectivity index (χ0) is 13.8. The highest BCUT2D eigenvalue weighted by atomic mass is 16.5. The van der Waals surface area contributed by atoms with Crippen molar-refractivity contribution in [3.8, 4) is 5.75 Å². The smallest absolute Gasteiger partial charge is 0.130 e. The highest BCUT2D eigenvalue weighted by Crippen LogP contribution is 2.21. The second-order valence-electron chi connectivity index (χ2n) is 4.59. The van der Waals surface area contributed by atoms with Crippen molar-refractivity contribution in [2.75, 3.05) is 6.61 Å². The SMILES string of the molecule is O[C@H](COc1ccc2ccccc2c1)c1ccccn1. The van der Waals surface area contributed by atoms with E-state index in [9.17, 15) is 5.11 Å². The van der Waals surface area contributed by atoms with E-state index < -0.39 is 6.10 Å². The fourth-order valence-corrected chi connectivity index (χ4v) is 2.09. The summed E-state index contributed by atoms with van der Waals surface area (Å²) in [5, 5.41) is 12.3. The van der Waals surface area contributed by atoms with Crippen LogP contribution in [0.15, 0.2) is 66.9 Å². The van der Waals surface area contributed by atoms with Gasteiger partial charge in [0.1, 0.15) is 18.5 Å². The van der Waals surface area contributed by atoms with E-state index in [1.807, 2.05) is 48.5 Å². The van der Waals surface area contributed by atoms with E-state index in [2.05, 4.69) is 11.1 Å². The summed E-state index contributed by atoms with van der Waals surface area (Å²) in [7, 11) is 0. The number of aliphatic hydroxyl groups excluding tert-OH is 1. The molecule has 2 aromatic carbocycles. The van der Waals surface area contributed by atoms with Crippen LogP contribution in [0.2, 0.25) is 0 Å². The Morgan fingerprint density at radius 3 is 2.55 bits per heavy atom. The Labute approximate surface area is 117 Å². The first-order valence-corrected chi connectivity index (χ1v) is 6.53. The lowest BCUT2D eigenvalue weighted by Crippen LogP contribution is -2.10. The summed E-state index contributed by atoms with van der Waals surface area (Å²) in [4.78, 5) is 4.11. The first kappa shape index (κ1) is 12.6. The molecule has 1 atom stereocenters. The zero-order valence-electron chi connectivity index (χ0n) is 10.9. The van der Waals surface area contributed by atoms with Crippen LogP contribution in [0.5, 0.6) is 5.75 Å². The van der Waals surface area contributed by atoms with Gasteiger partial charge in [0.15, 0.2) is 0 Å². The monoisotopic (exact) mass is 265 g/mol. The third-order valence-electron chi connectivity index (χ3n) is 3.16. The van der Waals surface area contributed by atoms with Gasteiger partial charge in [-0.25, -0.2) is 0 Å². The third-order valence-corrected chi connectivity index (χ3v) is 3.16. The molecule has 0 fully saturated rings. The standard InChI is InChI=1S/C17H15NO2/c19-17(16-7-3-4-10-18-16)12-20-15-9-8-13-5-1-2-6-14(13)11-15/h1-11,17,19H,12H2/t17-/m1/s1. The summed E-state index contributed by atoms with van der Waals surface area (Å²) < 4.78 is 5.64. The molecular formula is C17H15NO2. The van der Waals surface area contributed by atoms with Crippen LogP contribution in [0, 0.1) is 0 Å². The highest BCUT2D eigenvalue weighted by Gasteiger charge is 2.09. The molecule has 0 saturated carbocycles. The average molecular weight is 265 g/mol. The molecule has 1 N–H and O–H groups in total. The lowest BCUT2D eigenvalue weighted by atomic mass is 10.1. The van der Waals surface area contributed by atoms with Gasteiger partial charge in [0.25, 0.3) is 0 Å². The maximum absolute atomic E-state index is 10.0. The summed E-state index contributed by atoms with van der Waals surface area (Å²) in [5.41, 5.74) is 0.619. The number of nitrogens with zero attached hydrogens (tertiary/aromatic N) is 1. The summed E-state index contributed by atoms with van der Waals surface area (Å²) in [6.07, 6.45) is 0.942. The second kappa shape index (κ2) is 5.72. The van der Waals surface area contributed by atoms with Crippen LogP contribution in [0.1, 0.15) is 11.8 Å². The predicted molar refractivity (Wildman–Crippen MR) is 78.6 cm³/mol. The van der Waals surface area contributed by atoms with Gasteiger partial charge in [0, 0.05) is 6.20 Å². The minimum atomic E-state index is -0.720. The topological polar surface area (TPSA) is 42.4 Å². The Kier molecular flexibility index (Phi) is 3.61. The van der Waals surface area contributed by atoms with E-state index in [0.717, 1.165) is 11.1 Å². The molecule has 0 spiro atoms. The molecule has 1 aromatic heterocycles. The lowest BCUT2D eigenvalue weighted by molar-refractivity contribution is 0.105. The fourth-order valence-electron chi connectivity index (χ4n) is 2.09. The van der Waals surface area contributed by atoms with Crippen molar-refractivity contribution in [1.29, 1.82) is 0 Å². The number of aliphatic hydroxyl groups is 1. The molecule has 0 unspecified atom stereocenters. The predicted octanol–water partition coefficient (Wildman–Crippen LogP) is 3.35. The van der Waals surface area contributed by atoms with Crippen LogP contribution in [0.25, 0.3) is 10.8 Å². The van der Waals surface area contributed by atoms with Crippen LogP contribution in [-0.4, -0.2) is 16.7 Å². The molecule has 3 heteroatoms. The Morgan fingerprint density at radius 2 is 1.75 bits per heavy atom. The van der Waals surface area contributed by atoms with E-state index >= 15 is 0 Å². The summed E-state index contributed by atoms with van der Waals surface area (Å²) in [6.45, 7) is 0.190. The van der Waals surface area contributed by atoms with Gasteiger partial charge >= 0.3 is 0 Å². The average Bonchev–Trinajstić information content (AvgIpc) is 2.53. The first-order chi connectivity index (χ1) is 9.83. The van der Waals surface area contributed by atoms with E-state index in [1.54, 1.807) is 12.3 Å². The Hall–Kier alpha value is -2.39. The summed E-state index contributed by atoms with van der Waals surface area (Å²) in [5.74, 6) is 0.749. The van der Waals surface area contributed by atoms with Gasteiger partial charge < -0.3 is 9.84 Å². The number of hydrogen-bond acceptors (Lipinski definition) is 3. The second-order valence-corrected chi connectivity index (χ2v) is 4.59. The molecule has 0 aliphatic rings. The van der Waals surface area contributed by atoms with Gasteiger partial charge in [0.05, 0.1) is 5.69 Å². The molecule has 0 saturated heterocycles. The van der Waals surface area contributed by atoms with Crippen molar-refractivity contribution in [1.82, 2.24) is 4.98 Å². The van der Waals surface area contributed by atoms with Crippen molar-refractivity contribution < 1.29 is 9.84 Å². The minimum Gasteiger partial charge on any atom is -0.490 e.